The van der Waals surface area contributed by atoms with Crippen molar-refractivity contribution in [3.8, 4) is 0 Å². The Kier molecular flexibility index (Phi) is 4.59. The summed E-state index contributed by atoms with van der Waals surface area (Å²) in [6.45, 7) is 3.25. The van der Waals surface area contributed by atoms with Crippen LogP contribution in [-0.4, -0.2) is 27.2 Å². The van der Waals surface area contributed by atoms with Crippen LogP contribution in [0.25, 0.3) is 3.70 Å². The molecule has 1 heterocycles. The van der Waals surface area contributed by atoms with Gasteiger partial charge in [0.2, 0.25) is 0 Å². The Morgan fingerprint density at radius 2 is 2.18 bits per heavy atom. The zero-order chi connectivity index (χ0) is 13.2. The number of aliphatic hydroxyl groups excluding tert-OH is 1. The number of nitrogens with zero attached hydrogens (tertiary/aromatic N) is 2. The molecule has 0 aliphatic heterocycles. The molecule has 0 aliphatic rings. The molecular weight excluding hydrogens is 348 g/mol. The Bertz CT molecular complexity index is 425. The predicted octanol–water partition coefficient (Wildman–Crippen LogP) is 3.13. The number of halogens is 4. The zero-order valence-electron chi connectivity index (χ0n) is 9.29. The van der Waals surface area contributed by atoms with E-state index in [2.05, 4.69) is 5.10 Å². The largest absolute Gasteiger partial charge is 0.391 e. The minimum atomic E-state index is -4.38. The second-order valence-electron chi connectivity index (χ2n) is 3.71. The standard InChI is InChI=1S/C10H12F3IN2O/c1-6-3-4-16(15-6)9(14)7(2)8(17)5-10(11,12)13/h3-4,8,17H,5H2,1-2H3/b9-7-. The van der Waals surface area contributed by atoms with E-state index in [9.17, 15) is 18.3 Å². The fourth-order valence-corrected chi connectivity index (χ4v) is 1.84. The fourth-order valence-electron chi connectivity index (χ4n) is 1.21. The number of hydrogen-bond donors (Lipinski definition) is 1. The van der Waals surface area contributed by atoms with E-state index in [0.717, 1.165) is 5.69 Å². The van der Waals surface area contributed by atoms with Crippen LogP contribution in [-0.2, 0) is 0 Å². The first-order valence-electron chi connectivity index (χ1n) is 4.84. The van der Waals surface area contributed by atoms with Crippen LogP contribution in [0.1, 0.15) is 19.0 Å². The van der Waals surface area contributed by atoms with Gasteiger partial charge in [-0.2, -0.15) is 18.3 Å². The van der Waals surface area contributed by atoms with Crippen LogP contribution in [0.2, 0.25) is 0 Å². The molecule has 0 saturated heterocycles. The van der Waals surface area contributed by atoms with Gasteiger partial charge < -0.3 is 5.11 Å². The smallest absolute Gasteiger partial charge is 0.388 e. The number of aliphatic hydroxyl groups is 1. The summed E-state index contributed by atoms with van der Waals surface area (Å²) in [7, 11) is 0. The number of aryl methyl sites for hydroxylation is 1. The van der Waals surface area contributed by atoms with Gasteiger partial charge in [-0.1, -0.05) is 0 Å². The summed E-state index contributed by atoms with van der Waals surface area (Å²) in [6.07, 6.45) is -5.52. The lowest BCUT2D eigenvalue weighted by Gasteiger charge is -2.15. The van der Waals surface area contributed by atoms with E-state index in [0.29, 0.717) is 3.70 Å². The first kappa shape index (κ1) is 14.5. The summed E-state index contributed by atoms with van der Waals surface area (Å²) >= 11 is 1.87. The summed E-state index contributed by atoms with van der Waals surface area (Å²) in [5.41, 5.74) is 1.02. The molecule has 0 bridgehead atoms. The molecule has 96 valence electrons. The van der Waals surface area contributed by atoms with E-state index in [-0.39, 0.29) is 5.57 Å². The van der Waals surface area contributed by atoms with E-state index in [1.54, 1.807) is 19.2 Å². The van der Waals surface area contributed by atoms with Crippen molar-refractivity contribution in [2.24, 2.45) is 0 Å². The van der Waals surface area contributed by atoms with Gasteiger partial charge in [-0.25, -0.2) is 4.68 Å². The third-order valence-corrected chi connectivity index (χ3v) is 3.52. The van der Waals surface area contributed by atoms with Gasteiger partial charge in [0.05, 0.1) is 18.2 Å². The second kappa shape index (κ2) is 5.38. The summed E-state index contributed by atoms with van der Waals surface area (Å²) < 4.78 is 38.3. The average molecular weight is 360 g/mol. The number of aromatic nitrogens is 2. The molecule has 3 nitrogen and oxygen atoms in total. The maximum absolute atomic E-state index is 12.1. The van der Waals surface area contributed by atoms with Crippen LogP contribution < -0.4 is 0 Å². The third-order valence-electron chi connectivity index (χ3n) is 2.17. The molecule has 0 radical (unpaired) electrons. The van der Waals surface area contributed by atoms with Crippen molar-refractivity contribution in [1.29, 1.82) is 0 Å². The van der Waals surface area contributed by atoms with Crippen molar-refractivity contribution in [2.75, 3.05) is 0 Å². The molecule has 1 N–H and O–H groups in total. The topological polar surface area (TPSA) is 38.0 Å². The summed E-state index contributed by atoms with van der Waals surface area (Å²) in [6, 6.07) is 1.74. The van der Waals surface area contributed by atoms with Crippen LogP contribution in [0.3, 0.4) is 0 Å². The lowest BCUT2D eigenvalue weighted by Crippen LogP contribution is -2.21. The van der Waals surface area contributed by atoms with Crippen LogP contribution in [0.5, 0.6) is 0 Å². The highest BCUT2D eigenvalue weighted by atomic mass is 127. The minimum absolute atomic E-state index is 0.256. The highest BCUT2D eigenvalue weighted by molar-refractivity contribution is 14.1. The number of rotatable bonds is 3. The maximum atomic E-state index is 12.1. The third kappa shape index (κ3) is 4.30. The molecule has 0 amide bonds. The molecule has 0 spiro atoms. The van der Waals surface area contributed by atoms with Gasteiger partial charge >= 0.3 is 6.18 Å². The van der Waals surface area contributed by atoms with Gasteiger partial charge in [-0.3, -0.25) is 0 Å². The summed E-state index contributed by atoms with van der Waals surface area (Å²) in [5, 5.41) is 13.5. The monoisotopic (exact) mass is 360 g/mol. The lowest BCUT2D eigenvalue weighted by atomic mass is 10.1. The number of hydrogen-bond acceptors (Lipinski definition) is 2. The van der Waals surface area contributed by atoms with Crippen molar-refractivity contribution in [1.82, 2.24) is 9.78 Å². The highest BCUT2D eigenvalue weighted by Crippen LogP contribution is 2.28. The van der Waals surface area contributed by atoms with Gasteiger partial charge in [0.15, 0.2) is 0 Å². The van der Waals surface area contributed by atoms with Crippen LogP contribution in [0, 0.1) is 6.92 Å². The van der Waals surface area contributed by atoms with E-state index in [4.69, 9.17) is 0 Å². The van der Waals surface area contributed by atoms with Crippen molar-refractivity contribution in [3.63, 3.8) is 0 Å². The fraction of sp³-hybridized carbons (Fsp3) is 0.500. The van der Waals surface area contributed by atoms with E-state index in [1.165, 1.54) is 11.6 Å². The molecule has 1 rings (SSSR count). The van der Waals surface area contributed by atoms with E-state index >= 15 is 0 Å². The molecule has 0 fully saturated rings. The Morgan fingerprint density at radius 3 is 2.59 bits per heavy atom. The Morgan fingerprint density at radius 1 is 1.59 bits per heavy atom. The average Bonchev–Trinajstić information content (AvgIpc) is 2.60. The molecule has 0 aliphatic carbocycles. The molecule has 1 aromatic rings. The van der Waals surface area contributed by atoms with Crippen LogP contribution >= 0.6 is 22.6 Å². The molecule has 17 heavy (non-hydrogen) atoms. The molecule has 0 saturated carbocycles. The molecule has 1 atom stereocenters. The molecule has 0 aromatic carbocycles. The van der Waals surface area contributed by atoms with Crippen molar-refractivity contribution >= 4 is 26.3 Å². The lowest BCUT2D eigenvalue weighted by molar-refractivity contribution is -0.149. The summed E-state index contributed by atoms with van der Waals surface area (Å²) in [4.78, 5) is 0. The van der Waals surface area contributed by atoms with Gasteiger partial charge in [-0.15, -0.1) is 0 Å². The van der Waals surface area contributed by atoms with Crippen molar-refractivity contribution in [3.05, 3.63) is 23.5 Å². The quantitative estimate of drug-likeness (QED) is 0.842. The van der Waals surface area contributed by atoms with Gasteiger partial charge in [0.1, 0.15) is 3.70 Å². The first-order valence-corrected chi connectivity index (χ1v) is 5.92. The Balaban J connectivity index is 2.89. The maximum Gasteiger partial charge on any atom is 0.391 e. The molecule has 7 heteroatoms. The highest BCUT2D eigenvalue weighted by Gasteiger charge is 2.32. The Hall–Kier alpha value is -0.570. The van der Waals surface area contributed by atoms with Gasteiger partial charge in [0, 0.05) is 6.20 Å². The second-order valence-corrected chi connectivity index (χ2v) is 4.73. The van der Waals surface area contributed by atoms with Crippen molar-refractivity contribution < 1.29 is 18.3 Å². The van der Waals surface area contributed by atoms with Crippen molar-refractivity contribution in [2.45, 2.75) is 32.5 Å². The minimum Gasteiger partial charge on any atom is -0.388 e. The summed E-state index contributed by atoms with van der Waals surface area (Å²) in [5.74, 6) is 0. The molecule has 1 unspecified atom stereocenters. The van der Waals surface area contributed by atoms with Crippen LogP contribution in [0.4, 0.5) is 13.2 Å². The molecular formula is C10H12F3IN2O. The zero-order valence-corrected chi connectivity index (χ0v) is 11.5. The SMILES string of the molecule is C/C(=C(\I)n1ccc(C)n1)C(O)CC(F)(F)F. The van der Waals surface area contributed by atoms with Crippen LogP contribution in [0.15, 0.2) is 17.8 Å². The first-order chi connectivity index (χ1) is 7.70. The van der Waals surface area contributed by atoms with E-state index in [1.807, 2.05) is 22.6 Å². The van der Waals surface area contributed by atoms with Gasteiger partial charge in [0.25, 0.3) is 0 Å². The Labute approximate surface area is 110 Å². The van der Waals surface area contributed by atoms with E-state index < -0.39 is 18.7 Å². The predicted molar refractivity (Wildman–Crippen MR) is 66.6 cm³/mol. The normalized spacial score (nSPS) is 15.7. The van der Waals surface area contributed by atoms with Gasteiger partial charge in [-0.05, 0) is 48.1 Å². The number of alkyl halides is 3. The molecule has 1 aromatic heterocycles.